The molecule has 20 heavy (non-hydrogen) atoms. The molecule has 0 fully saturated rings. The zero-order valence-electron chi connectivity index (χ0n) is 12.8. The third-order valence-electron chi connectivity index (χ3n) is 3.51. The Morgan fingerprint density at radius 2 is 1.95 bits per heavy atom. The van der Waals surface area contributed by atoms with E-state index in [-0.39, 0.29) is 24.6 Å². The summed E-state index contributed by atoms with van der Waals surface area (Å²) in [4.78, 5) is 11.8. The smallest absolute Gasteiger partial charge is 0.258 e. The average molecular weight is 278 g/mol. The number of amides is 1. The predicted molar refractivity (Wildman–Crippen MR) is 81.6 cm³/mol. The van der Waals surface area contributed by atoms with E-state index in [4.69, 9.17) is 10.5 Å². The van der Waals surface area contributed by atoms with Gasteiger partial charge < -0.3 is 15.8 Å². The van der Waals surface area contributed by atoms with Gasteiger partial charge in [0.05, 0.1) is 0 Å². The van der Waals surface area contributed by atoms with Gasteiger partial charge in [0.25, 0.3) is 5.91 Å². The number of hydrogen-bond donors (Lipinski definition) is 2. The zero-order chi connectivity index (χ0) is 15.1. The number of hydrogen-bond acceptors (Lipinski definition) is 3. The molecule has 1 rings (SSSR count). The highest BCUT2D eigenvalue weighted by molar-refractivity contribution is 5.77. The van der Waals surface area contributed by atoms with Crippen molar-refractivity contribution in [2.24, 2.45) is 11.7 Å². The average Bonchev–Trinajstić information content (AvgIpc) is 2.44. The molecule has 0 saturated carbocycles. The lowest BCUT2D eigenvalue weighted by molar-refractivity contribution is -0.124. The van der Waals surface area contributed by atoms with Crippen LogP contribution in [0.15, 0.2) is 24.3 Å². The lowest BCUT2D eigenvalue weighted by Crippen LogP contribution is -2.39. The largest absolute Gasteiger partial charge is 0.483 e. The lowest BCUT2D eigenvalue weighted by atomic mass is 10.0. The highest BCUT2D eigenvalue weighted by atomic mass is 16.5. The maximum atomic E-state index is 11.8. The molecule has 0 aromatic heterocycles. The van der Waals surface area contributed by atoms with E-state index < -0.39 is 0 Å². The van der Waals surface area contributed by atoms with Gasteiger partial charge >= 0.3 is 0 Å². The van der Waals surface area contributed by atoms with E-state index in [2.05, 4.69) is 19.2 Å². The van der Waals surface area contributed by atoms with Gasteiger partial charge in [-0.1, -0.05) is 39.0 Å². The Morgan fingerprint density at radius 1 is 1.30 bits per heavy atom. The van der Waals surface area contributed by atoms with Gasteiger partial charge in [0.1, 0.15) is 5.75 Å². The van der Waals surface area contributed by atoms with Crippen molar-refractivity contribution in [3.05, 3.63) is 29.8 Å². The fraction of sp³-hybridized carbons (Fsp3) is 0.562. The van der Waals surface area contributed by atoms with Gasteiger partial charge in [0.2, 0.25) is 0 Å². The molecule has 3 N–H and O–H groups in total. The van der Waals surface area contributed by atoms with Crippen LogP contribution in [-0.4, -0.2) is 18.6 Å². The van der Waals surface area contributed by atoms with E-state index in [1.807, 2.05) is 38.1 Å². The van der Waals surface area contributed by atoms with Gasteiger partial charge in [-0.25, -0.2) is 0 Å². The van der Waals surface area contributed by atoms with Gasteiger partial charge in [-0.05, 0) is 25.3 Å². The van der Waals surface area contributed by atoms with Crippen molar-refractivity contribution in [3.63, 3.8) is 0 Å². The third kappa shape index (κ3) is 4.85. The molecule has 1 aromatic carbocycles. The van der Waals surface area contributed by atoms with Gasteiger partial charge in [-0.3, -0.25) is 4.79 Å². The second-order valence-corrected chi connectivity index (χ2v) is 5.44. The van der Waals surface area contributed by atoms with Crippen LogP contribution in [-0.2, 0) is 4.79 Å². The van der Waals surface area contributed by atoms with Crippen LogP contribution in [0, 0.1) is 5.92 Å². The van der Waals surface area contributed by atoms with E-state index in [1.54, 1.807) is 0 Å². The Balaban J connectivity index is 2.59. The third-order valence-corrected chi connectivity index (χ3v) is 3.51. The number of carbonyl (C=O) groups is 1. The van der Waals surface area contributed by atoms with E-state index >= 15 is 0 Å². The van der Waals surface area contributed by atoms with Crippen molar-refractivity contribution in [1.82, 2.24) is 5.32 Å². The molecule has 0 radical (unpaired) electrons. The van der Waals surface area contributed by atoms with Crippen LogP contribution < -0.4 is 15.8 Å². The lowest BCUT2D eigenvalue weighted by Gasteiger charge is -2.19. The molecule has 2 atom stereocenters. The van der Waals surface area contributed by atoms with E-state index in [0.717, 1.165) is 12.0 Å². The molecule has 112 valence electrons. The first-order valence-electron chi connectivity index (χ1n) is 7.22. The van der Waals surface area contributed by atoms with Crippen molar-refractivity contribution in [2.45, 2.75) is 46.2 Å². The van der Waals surface area contributed by atoms with Crippen LogP contribution in [0.3, 0.4) is 0 Å². The van der Waals surface area contributed by atoms with Gasteiger partial charge in [-0.2, -0.15) is 0 Å². The molecule has 0 heterocycles. The van der Waals surface area contributed by atoms with Crippen LogP contribution in [0.5, 0.6) is 5.75 Å². The topological polar surface area (TPSA) is 64.3 Å². The maximum Gasteiger partial charge on any atom is 0.258 e. The summed E-state index contributed by atoms with van der Waals surface area (Å²) in [6.45, 7) is 8.18. The summed E-state index contributed by atoms with van der Waals surface area (Å²) in [5.74, 6) is 0.986. The molecule has 0 aliphatic heterocycles. The summed E-state index contributed by atoms with van der Waals surface area (Å²) >= 11 is 0. The Hall–Kier alpha value is -1.55. The minimum Gasteiger partial charge on any atom is -0.483 e. The summed E-state index contributed by atoms with van der Waals surface area (Å²) < 4.78 is 5.61. The zero-order valence-corrected chi connectivity index (χ0v) is 12.8. The van der Waals surface area contributed by atoms with Crippen LogP contribution in [0.1, 0.15) is 45.7 Å². The summed E-state index contributed by atoms with van der Waals surface area (Å²) in [6, 6.07) is 7.68. The van der Waals surface area contributed by atoms with Crippen molar-refractivity contribution >= 4 is 5.91 Å². The second kappa shape index (κ2) is 7.90. The Labute approximate surface area is 121 Å². The highest BCUT2D eigenvalue weighted by Gasteiger charge is 2.13. The van der Waals surface area contributed by atoms with Gasteiger partial charge in [0, 0.05) is 17.6 Å². The first-order valence-corrected chi connectivity index (χ1v) is 7.22. The minimum absolute atomic E-state index is 0.0184. The first-order chi connectivity index (χ1) is 9.45. The normalized spacial score (nSPS) is 13.9. The molecule has 0 bridgehead atoms. The number of rotatable bonds is 7. The summed E-state index contributed by atoms with van der Waals surface area (Å²) in [6.07, 6.45) is 0.830. The van der Waals surface area contributed by atoms with Gasteiger partial charge in [0.15, 0.2) is 6.61 Å². The van der Waals surface area contributed by atoms with Crippen molar-refractivity contribution in [2.75, 3.05) is 6.61 Å². The number of nitrogens with one attached hydrogen (secondary N) is 1. The molecule has 4 nitrogen and oxygen atoms in total. The van der Waals surface area contributed by atoms with Gasteiger partial charge in [-0.15, -0.1) is 0 Å². The van der Waals surface area contributed by atoms with Crippen molar-refractivity contribution in [3.8, 4) is 5.75 Å². The number of benzene rings is 1. The molecule has 0 spiro atoms. The number of ether oxygens (including phenoxy) is 1. The Kier molecular flexibility index (Phi) is 6.52. The molecule has 2 unspecified atom stereocenters. The molecule has 1 amide bonds. The number of para-hydroxylation sites is 1. The number of nitrogens with two attached hydrogens (primary N) is 1. The number of carbonyl (C=O) groups excluding carboxylic acids is 1. The Bertz CT molecular complexity index is 432. The fourth-order valence-corrected chi connectivity index (χ4v) is 1.74. The monoisotopic (exact) mass is 278 g/mol. The maximum absolute atomic E-state index is 11.8. The van der Waals surface area contributed by atoms with Crippen molar-refractivity contribution < 1.29 is 9.53 Å². The molecular formula is C16H26N2O2. The second-order valence-electron chi connectivity index (χ2n) is 5.44. The molecular weight excluding hydrogens is 252 g/mol. The summed E-state index contributed by atoms with van der Waals surface area (Å²) in [5.41, 5.74) is 6.99. The van der Waals surface area contributed by atoms with E-state index in [9.17, 15) is 4.79 Å². The minimum atomic E-state index is -0.105. The quantitative estimate of drug-likeness (QED) is 0.806. The molecule has 1 aromatic rings. The molecule has 4 heteroatoms. The van der Waals surface area contributed by atoms with Crippen LogP contribution >= 0.6 is 0 Å². The fourth-order valence-electron chi connectivity index (χ4n) is 1.74. The molecule has 0 saturated heterocycles. The highest BCUT2D eigenvalue weighted by Crippen LogP contribution is 2.25. The van der Waals surface area contributed by atoms with Crippen LogP contribution in [0.25, 0.3) is 0 Å². The van der Waals surface area contributed by atoms with E-state index in [0.29, 0.717) is 11.7 Å². The summed E-state index contributed by atoms with van der Waals surface area (Å²) in [7, 11) is 0. The summed E-state index contributed by atoms with van der Waals surface area (Å²) in [5, 5.41) is 2.92. The predicted octanol–water partition coefficient (Wildman–Crippen LogP) is 2.64. The van der Waals surface area contributed by atoms with Crippen molar-refractivity contribution in [1.29, 1.82) is 0 Å². The Morgan fingerprint density at radius 3 is 2.55 bits per heavy atom. The SMILES string of the molecule is CCC(N)c1ccccc1OCC(=O)NC(C)C(C)C. The van der Waals surface area contributed by atoms with Crippen LogP contribution in [0.4, 0.5) is 0 Å². The van der Waals surface area contributed by atoms with E-state index in [1.165, 1.54) is 0 Å². The molecule has 0 aliphatic rings. The first kappa shape index (κ1) is 16.5. The molecule has 0 aliphatic carbocycles. The standard InChI is InChI=1S/C16H26N2O2/c1-5-14(17)13-8-6-7-9-15(13)20-10-16(19)18-12(4)11(2)3/h6-9,11-12,14H,5,10,17H2,1-4H3,(H,18,19). The van der Waals surface area contributed by atoms with Crippen LogP contribution in [0.2, 0.25) is 0 Å².